The fourth-order valence-corrected chi connectivity index (χ4v) is 4.37. The van der Waals surface area contributed by atoms with Crippen LogP contribution in [0.15, 0.2) is 94.7 Å². The van der Waals surface area contributed by atoms with Gasteiger partial charge in [-0.3, -0.25) is 4.79 Å². The van der Waals surface area contributed by atoms with Gasteiger partial charge in [0, 0.05) is 5.69 Å². The zero-order valence-electron chi connectivity index (χ0n) is 17.6. The first-order valence-corrected chi connectivity index (χ1v) is 11.3. The van der Waals surface area contributed by atoms with Crippen molar-refractivity contribution in [2.75, 3.05) is 5.32 Å². The van der Waals surface area contributed by atoms with E-state index in [1.807, 2.05) is 0 Å². The summed E-state index contributed by atoms with van der Waals surface area (Å²) in [4.78, 5) is 12.1. The van der Waals surface area contributed by atoms with E-state index in [4.69, 9.17) is 0 Å². The molecule has 0 unspecified atom stereocenters. The molecule has 12 heteroatoms. The van der Waals surface area contributed by atoms with Gasteiger partial charge in [0.25, 0.3) is 5.91 Å². The van der Waals surface area contributed by atoms with Gasteiger partial charge in [-0.2, -0.15) is 26.3 Å². The Morgan fingerprint density at radius 3 is 1.66 bits per heavy atom. The van der Waals surface area contributed by atoms with Crippen molar-refractivity contribution in [1.82, 2.24) is 0 Å². The average Bonchev–Trinajstić information content (AvgIpc) is 2.79. The van der Waals surface area contributed by atoms with Crippen LogP contribution in [0, 0.1) is 0 Å². The van der Waals surface area contributed by atoms with Crippen molar-refractivity contribution in [1.29, 1.82) is 0 Å². The summed E-state index contributed by atoms with van der Waals surface area (Å²) in [5.74, 6) is -2.52. The molecule has 1 amide bonds. The summed E-state index contributed by atoms with van der Waals surface area (Å²) in [5.41, 5.74) is -5.69. The van der Waals surface area contributed by atoms with E-state index in [2.05, 4.69) is 4.74 Å². The van der Waals surface area contributed by atoms with Crippen LogP contribution in [0.4, 0.5) is 32.0 Å². The normalized spacial score (nSPS) is 12.9. The zero-order chi connectivity index (χ0) is 25.9. The molecule has 35 heavy (non-hydrogen) atoms. The first-order chi connectivity index (χ1) is 16.3. The highest BCUT2D eigenvalue weighted by Crippen LogP contribution is 2.47. The summed E-state index contributed by atoms with van der Waals surface area (Å²) in [5, 5.41) is 1.55. The Morgan fingerprint density at radius 1 is 0.714 bits per heavy atom. The van der Waals surface area contributed by atoms with E-state index in [1.165, 1.54) is 54.6 Å². The highest BCUT2D eigenvalue weighted by molar-refractivity contribution is 7.91. The smallest absolute Gasteiger partial charge is 0.345 e. The van der Waals surface area contributed by atoms with Crippen molar-refractivity contribution < 1.29 is 44.3 Å². The maximum Gasteiger partial charge on any atom is 0.435 e. The van der Waals surface area contributed by atoms with Gasteiger partial charge < -0.3 is 10.1 Å². The fraction of sp³-hybridized carbons (Fsp3) is 0.174. The molecule has 5 nitrogen and oxygen atoms in total. The number of hydrogen-bond acceptors (Lipinski definition) is 4. The van der Waals surface area contributed by atoms with Gasteiger partial charge in [0.15, 0.2) is 0 Å². The summed E-state index contributed by atoms with van der Waals surface area (Å²) in [6, 6.07) is 17.6. The third-order valence-electron chi connectivity index (χ3n) is 4.89. The number of carbonyl (C=O) groups is 1. The van der Waals surface area contributed by atoms with Crippen LogP contribution in [0.3, 0.4) is 0 Å². The Balaban J connectivity index is 1.91. The highest BCUT2D eigenvalue weighted by Gasteiger charge is 2.77. The summed E-state index contributed by atoms with van der Waals surface area (Å²) in [7, 11) is -4.00. The standard InChI is InChI=1S/C23H17F6NO4S/c24-22(25,26)21(23(27,28)29,34-15-16-7-3-1-4-8-16)20(31)30-17-11-13-19(14-12-17)35(32,33)18-9-5-2-6-10-18/h1-14H,15H2,(H,30,31). The Kier molecular flexibility index (Phi) is 7.27. The number of alkyl halides is 6. The van der Waals surface area contributed by atoms with Crippen LogP contribution in [0.1, 0.15) is 5.56 Å². The number of ether oxygens (including phenoxy) is 1. The maximum absolute atomic E-state index is 13.8. The lowest BCUT2D eigenvalue weighted by Crippen LogP contribution is -2.65. The molecule has 3 rings (SSSR count). The Bertz CT molecular complexity index is 1250. The molecular formula is C23H17F6NO4S. The second-order valence-corrected chi connectivity index (χ2v) is 9.20. The largest absolute Gasteiger partial charge is 0.435 e. The highest BCUT2D eigenvalue weighted by atomic mass is 32.2. The van der Waals surface area contributed by atoms with E-state index in [9.17, 15) is 39.6 Å². The number of sulfone groups is 1. The second kappa shape index (κ2) is 9.70. The van der Waals surface area contributed by atoms with Crippen LogP contribution in [-0.2, 0) is 26.0 Å². The quantitative estimate of drug-likeness (QED) is 0.418. The van der Waals surface area contributed by atoms with Gasteiger partial charge in [-0.25, -0.2) is 8.42 Å². The molecule has 0 aromatic heterocycles. The van der Waals surface area contributed by atoms with Gasteiger partial charge in [0.05, 0.1) is 16.4 Å². The van der Waals surface area contributed by atoms with Crippen LogP contribution in [0.25, 0.3) is 0 Å². The molecule has 0 spiro atoms. The number of hydrogen-bond donors (Lipinski definition) is 1. The van der Waals surface area contributed by atoms with Gasteiger partial charge in [-0.1, -0.05) is 48.5 Å². The van der Waals surface area contributed by atoms with E-state index >= 15 is 0 Å². The van der Waals surface area contributed by atoms with Crippen molar-refractivity contribution in [3.63, 3.8) is 0 Å². The lowest BCUT2D eigenvalue weighted by atomic mass is 10.0. The topological polar surface area (TPSA) is 72.5 Å². The minimum Gasteiger partial charge on any atom is -0.345 e. The number of rotatable bonds is 7. The molecule has 0 fully saturated rings. The van der Waals surface area contributed by atoms with Crippen molar-refractivity contribution >= 4 is 21.4 Å². The number of amides is 1. The molecule has 0 atom stereocenters. The number of nitrogens with one attached hydrogen (secondary N) is 1. The third-order valence-corrected chi connectivity index (χ3v) is 6.68. The molecule has 0 aliphatic carbocycles. The van der Waals surface area contributed by atoms with E-state index in [0.29, 0.717) is 0 Å². The molecule has 0 bridgehead atoms. The van der Waals surface area contributed by atoms with Crippen molar-refractivity contribution in [3.8, 4) is 0 Å². The van der Waals surface area contributed by atoms with E-state index in [0.717, 1.165) is 24.3 Å². The van der Waals surface area contributed by atoms with Crippen LogP contribution >= 0.6 is 0 Å². The summed E-state index contributed by atoms with van der Waals surface area (Å²) < 4.78 is 112. The molecule has 0 saturated heterocycles. The van der Waals surface area contributed by atoms with E-state index < -0.39 is 46.0 Å². The van der Waals surface area contributed by atoms with Crippen molar-refractivity contribution in [3.05, 3.63) is 90.5 Å². The van der Waals surface area contributed by atoms with Crippen LogP contribution in [-0.4, -0.2) is 32.3 Å². The molecule has 3 aromatic carbocycles. The van der Waals surface area contributed by atoms with E-state index in [-0.39, 0.29) is 15.4 Å². The lowest BCUT2D eigenvalue weighted by molar-refractivity contribution is -0.364. The molecule has 0 radical (unpaired) electrons. The second-order valence-electron chi connectivity index (χ2n) is 7.25. The third kappa shape index (κ3) is 5.33. The fourth-order valence-electron chi connectivity index (χ4n) is 3.09. The summed E-state index contributed by atoms with van der Waals surface area (Å²) in [6.45, 7) is -1.15. The minimum atomic E-state index is -6.17. The number of benzene rings is 3. The first kappa shape index (κ1) is 26.2. The Morgan fingerprint density at radius 2 is 1.17 bits per heavy atom. The average molecular weight is 517 g/mol. The van der Waals surface area contributed by atoms with Gasteiger partial charge in [0.2, 0.25) is 9.84 Å². The first-order valence-electron chi connectivity index (χ1n) is 9.82. The van der Waals surface area contributed by atoms with Crippen LogP contribution < -0.4 is 5.32 Å². The Hall–Kier alpha value is -3.38. The van der Waals surface area contributed by atoms with Crippen LogP contribution in [0.5, 0.6) is 0 Å². The number of anilines is 1. The van der Waals surface area contributed by atoms with Gasteiger partial charge in [-0.15, -0.1) is 0 Å². The SMILES string of the molecule is O=C(Nc1ccc(S(=O)(=O)c2ccccc2)cc1)C(OCc1ccccc1)(C(F)(F)F)C(F)(F)F. The number of halogens is 6. The zero-order valence-corrected chi connectivity index (χ0v) is 18.4. The maximum atomic E-state index is 13.8. The summed E-state index contributed by atoms with van der Waals surface area (Å²) in [6.07, 6.45) is -12.3. The lowest BCUT2D eigenvalue weighted by Gasteiger charge is -2.35. The number of carbonyl (C=O) groups excluding carboxylic acids is 1. The predicted molar refractivity (Wildman–Crippen MR) is 113 cm³/mol. The molecule has 186 valence electrons. The molecule has 3 aromatic rings. The van der Waals surface area contributed by atoms with Crippen molar-refractivity contribution in [2.45, 2.75) is 34.4 Å². The monoisotopic (exact) mass is 517 g/mol. The van der Waals surface area contributed by atoms with Gasteiger partial charge in [-0.05, 0) is 42.0 Å². The molecule has 0 saturated carbocycles. The molecular weight excluding hydrogens is 500 g/mol. The molecule has 0 aliphatic rings. The predicted octanol–water partition coefficient (Wildman–Crippen LogP) is 5.54. The van der Waals surface area contributed by atoms with Crippen molar-refractivity contribution in [2.24, 2.45) is 0 Å². The minimum absolute atomic E-state index is 0.0198. The van der Waals surface area contributed by atoms with Gasteiger partial charge >= 0.3 is 18.0 Å². The molecule has 0 heterocycles. The van der Waals surface area contributed by atoms with E-state index in [1.54, 1.807) is 11.4 Å². The molecule has 0 aliphatic heterocycles. The van der Waals surface area contributed by atoms with Gasteiger partial charge in [0.1, 0.15) is 0 Å². The van der Waals surface area contributed by atoms with Crippen LogP contribution in [0.2, 0.25) is 0 Å². The molecule has 1 N–H and O–H groups in total. The Labute approximate surface area is 196 Å². The summed E-state index contributed by atoms with van der Waals surface area (Å²) >= 11 is 0.